The van der Waals surface area contributed by atoms with E-state index in [0.717, 1.165) is 48.2 Å². The van der Waals surface area contributed by atoms with Gasteiger partial charge in [-0.25, -0.2) is 0 Å². The zero-order valence-electron chi connectivity index (χ0n) is 12.7. The molecule has 3 heteroatoms. The molecule has 2 aliphatic carbocycles. The van der Waals surface area contributed by atoms with Crippen LogP contribution in [-0.2, 0) is 0 Å². The summed E-state index contributed by atoms with van der Waals surface area (Å²) in [5.74, 6) is 3.38. The maximum atomic E-state index is 10.6. The monoisotopic (exact) mass is 288 g/mol. The number of aliphatic hydroxyl groups excluding tert-OH is 1. The van der Waals surface area contributed by atoms with Crippen LogP contribution in [0.4, 0.5) is 0 Å². The summed E-state index contributed by atoms with van der Waals surface area (Å²) in [5.41, 5.74) is 0.750. The van der Waals surface area contributed by atoms with Crippen LogP contribution < -0.4 is 9.47 Å². The van der Waals surface area contributed by atoms with E-state index >= 15 is 0 Å². The molecule has 0 radical (unpaired) electrons. The Hall–Kier alpha value is -1.22. The molecular formula is C18H24O3. The van der Waals surface area contributed by atoms with Gasteiger partial charge in [0.15, 0.2) is 0 Å². The van der Waals surface area contributed by atoms with Gasteiger partial charge in [-0.3, -0.25) is 0 Å². The van der Waals surface area contributed by atoms with Crippen molar-refractivity contribution in [2.75, 3.05) is 7.11 Å². The van der Waals surface area contributed by atoms with E-state index in [1.165, 1.54) is 25.7 Å². The Morgan fingerprint density at radius 3 is 2.81 bits per heavy atom. The van der Waals surface area contributed by atoms with Gasteiger partial charge < -0.3 is 14.6 Å². The second-order valence-electron chi connectivity index (χ2n) is 7.10. The van der Waals surface area contributed by atoms with Crippen LogP contribution in [0.15, 0.2) is 18.2 Å². The summed E-state index contributed by atoms with van der Waals surface area (Å²) in [6.45, 7) is 0. The number of rotatable bonds is 2. The molecule has 0 saturated heterocycles. The molecule has 1 heterocycles. The molecule has 1 spiro atoms. The zero-order valence-corrected chi connectivity index (χ0v) is 12.7. The average molecular weight is 288 g/mol. The van der Waals surface area contributed by atoms with Crippen molar-refractivity contribution in [1.29, 1.82) is 0 Å². The summed E-state index contributed by atoms with van der Waals surface area (Å²) in [6, 6.07) is 5.79. The molecule has 3 atom stereocenters. The second kappa shape index (κ2) is 4.91. The van der Waals surface area contributed by atoms with Crippen LogP contribution in [0.25, 0.3) is 0 Å². The Bertz CT molecular complexity index is 537. The molecule has 3 unspecified atom stereocenters. The minimum atomic E-state index is -0.429. The van der Waals surface area contributed by atoms with E-state index in [2.05, 4.69) is 0 Å². The first kappa shape index (κ1) is 13.4. The highest BCUT2D eigenvalue weighted by Gasteiger charge is 2.47. The van der Waals surface area contributed by atoms with Crippen LogP contribution in [0.1, 0.15) is 56.6 Å². The van der Waals surface area contributed by atoms with Crippen molar-refractivity contribution in [3.8, 4) is 11.5 Å². The standard InChI is InChI=1S/C18H24O3/c1-20-14-6-7-17-15(9-14)16(19)11-18(21-17)8-2-3-13(10-18)12-4-5-12/h6-7,9,12-13,16,19H,2-5,8,10-11H2,1H3. The third-order valence-corrected chi connectivity index (χ3v) is 5.60. The predicted octanol–water partition coefficient (Wildman–Crippen LogP) is 3.85. The van der Waals surface area contributed by atoms with E-state index in [1.807, 2.05) is 18.2 Å². The molecule has 1 aromatic rings. The molecule has 0 amide bonds. The Morgan fingerprint density at radius 2 is 2.05 bits per heavy atom. The first-order valence-electron chi connectivity index (χ1n) is 8.24. The minimum absolute atomic E-state index is 0.132. The SMILES string of the molecule is COc1ccc2c(c1)C(O)CC1(CCCC(C3CC3)C1)O2. The topological polar surface area (TPSA) is 38.7 Å². The molecule has 21 heavy (non-hydrogen) atoms. The number of benzene rings is 1. The van der Waals surface area contributed by atoms with Gasteiger partial charge in [-0.2, -0.15) is 0 Å². The largest absolute Gasteiger partial charge is 0.497 e. The van der Waals surface area contributed by atoms with Gasteiger partial charge >= 0.3 is 0 Å². The van der Waals surface area contributed by atoms with Crippen molar-refractivity contribution >= 4 is 0 Å². The maximum Gasteiger partial charge on any atom is 0.126 e. The zero-order chi connectivity index (χ0) is 14.4. The summed E-state index contributed by atoms with van der Waals surface area (Å²) in [5, 5.41) is 10.6. The van der Waals surface area contributed by atoms with Gasteiger partial charge in [0, 0.05) is 12.0 Å². The summed E-state index contributed by atoms with van der Waals surface area (Å²) in [7, 11) is 1.65. The number of methoxy groups -OCH3 is 1. The van der Waals surface area contributed by atoms with Crippen molar-refractivity contribution in [2.24, 2.45) is 11.8 Å². The van der Waals surface area contributed by atoms with Gasteiger partial charge in [-0.1, -0.05) is 0 Å². The Morgan fingerprint density at radius 1 is 1.19 bits per heavy atom. The maximum absolute atomic E-state index is 10.6. The quantitative estimate of drug-likeness (QED) is 0.898. The van der Waals surface area contributed by atoms with Gasteiger partial charge in [-0.15, -0.1) is 0 Å². The molecular weight excluding hydrogens is 264 g/mol. The third-order valence-electron chi connectivity index (χ3n) is 5.60. The molecule has 3 nitrogen and oxygen atoms in total. The fourth-order valence-electron chi connectivity index (χ4n) is 4.36. The number of hydrogen-bond donors (Lipinski definition) is 1. The third kappa shape index (κ3) is 2.42. The molecule has 0 aromatic heterocycles. The number of ether oxygens (including phenoxy) is 2. The first-order chi connectivity index (χ1) is 10.2. The molecule has 1 aromatic carbocycles. The molecule has 4 rings (SSSR count). The lowest BCUT2D eigenvalue weighted by Crippen LogP contribution is -2.45. The smallest absolute Gasteiger partial charge is 0.126 e. The average Bonchev–Trinajstić information content (AvgIpc) is 3.32. The van der Waals surface area contributed by atoms with E-state index in [0.29, 0.717) is 0 Å². The molecule has 0 bridgehead atoms. The van der Waals surface area contributed by atoms with Crippen molar-refractivity contribution in [2.45, 2.75) is 56.7 Å². The molecule has 3 aliphatic rings. The molecule has 114 valence electrons. The van der Waals surface area contributed by atoms with Gasteiger partial charge in [-0.05, 0) is 68.6 Å². The number of aliphatic hydroxyl groups is 1. The van der Waals surface area contributed by atoms with E-state index in [9.17, 15) is 5.11 Å². The van der Waals surface area contributed by atoms with Crippen LogP contribution in [0.3, 0.4) is 0 Å². The van der Waals surface area contributed by atoms with Gasteiger partial charge in [0.1, 0.15) is 17.1 Å². The van der Waals surface area contributed by atoms with Crippen LogP contribution in [0, 0.1) is 11.8 Å². The Labute approximate surface area is 126 Å². The minimum Gasteiger partial charge on any atom is -0.497 e. The Kier molecular flexibility index (Phi) is 3.14. The van der Waals surface area contributed by atoms with Gasteiger partial charge in [0.05, 0.1) is 13.2 Å². The van der Waals surface area contributed by atoms with E-state index in [4.69, 9.17) is 9.47 Å². The van der Waals surface area contributed by atoms with Crippen molar-refractivity contribution < 1.29 is 14.6 Å². The lowest BCUT2D eigenvalue weighted by molar-refractivity contribution is -0.0544. The van der Waals surface area contributed by atoms with Crippen LogP contribution in [0.5, 0.6) is 11.5 Å². The number of fused-ring (bicyclic) bond motifs is 1. The summed E-state index contributed by atoms with van der Waals surface area (Å²) < 4.78 is 11.7. The fourth-order valence-corrected chi connectivity index (χ4v) is 4.36. The highest BCUT2D eigenvalue weighted by atomic mass is 16.5. The highest BCUT2D eigenvalue weighted by molar-refractivity contribution is 5.43. The van der Waals surface area contributed by atoms with Crippen LogP contribution >= 0.6 is 0 Å². The van der Waals surface area contributed by atoms with Gasteiger partial charge in [0.25, 0.3) is 0 Å². The van der Waals surface area contributed by atoms with Crippen molar-refractivity contribution in [3.63, 3.8) is 0 Å². The predicted molar refractivity (Wildman–Crippen MR) is 80.6 cm³/mol. The van der Waals surface area contributed by atoms with Crippen LogP contribution in [-0.4, -0.2) is 17.8 Å². The molecule has 1 N–H and O–H groups in total. The van der Waals surface area contributed by atoms with E-state index in [1.54, 1.807) is 7.11 Å². The first-order valence-corrected chi connectivity index (χ1v) is 8.24. The summed E-state index contributed by atoms with van der Waals surface area (Å²) >= 11 is 0. The lowest BCUT2D eigenvalue weighted by Gasteiger charge is -2.45. The van der Waals surface area contributed by atoms with Crippen molar-refractivity contribution in [1.82, 2.24) is 0 Å². The van der Waals surface area contributed by atoms with E-state index in [-0.39, 0.29) is 5.60 Å². The summed E-state index contributed by atoms with van der Waals surface area (Å²) in [6.07, 6.45) is 7.89. The number of hydrogen-bond acceptors (Lipinski definition) is 3. The van der Waals surface area contributed by atoms with Crippen LogP contribution in [0.2, 0.25) is 0 Å². The summed E-state index contributed by atoms with van der Waals surface area (Å²) in [4.78, 5) is 0. The van der Waals surface area contributed by atoms with Gasteiger partial charge in [0.2, 0.25) is 0 Å². The normalized spacial score (nSPS) is 35.1. The molecule has 2 saturated carbocycles. The second-order valence-corrected chi connectivity index (χ2v) is 7.10. The van der Waals surface area contributed by atoms with Crippen molar-refractivity contribution in [3.05, 3.63) is 23.8 Å². The highest BCUT2D eigenvalue weighted by Crippen LogP contribution is 2.52. The Balaban J connectivity index is 1.61. The molecule has 2 fully saturated rings. The fraction of sp³-hybridized carbons (Fsp3) is 0.667. The van der Waals surface area contributed by atoms with E-state index < -0.39 is 6.10 Å². The lowest BCUT2D eigenvalue weighted by atomic mass is 9.72. The molecule has 1 aliphatic heterocycles.